The first-order valence-electron chi connectivity index (χ1n) is 8.66. The number of hydrogen-bond donors (Lipinski definition) is 0. The van der Waals surface area contributed by atoms with E-state index in [0.29, 0.717) is 22.2 Å². The lowest BCUT2D eigenvalue weighted by Gasteiger charge is -2.36. The zero-order valence-electron chi connectivity index (χ0n) is 14.9. The zero-order chi connectivity index (χ0) is 20.8. The minimum absolute atomic E-state index is 0.139. The average molecular weight is 452 g/mol. The van der Waals surface area contributed by atoms with Crippen LogP contribution in [0.25, 0.3) is 0 Å². The standard InChI is InChI=1S/C19H15Cl2N3O4S/c20-13-7-8-14(15(21)12-13)19-17-5-3-9-22(17)10-11-23(19)29(27,28)18-6-2-1-4-16(18)24(25)26/h1-9,12,19H,10-11H2. The second-order valence-electron chi connectivity index (χ2n) is 6.54. The molecule has 0 saturated heterocycles. The van der Waals surface area contributed by atoms with Gasteiger partial charge in [0.05, 0.1) is 11.0 Å². The van der Waals surface area contributed by atoms with Crippen LogP contribution in [-0.4, -0.2) is 28.8 Å². The Bertz CT molecular complexity index is 1210. The molecule has 0 aliphatic carbocycles. The van der Waals surface area contributed by atoms with E-state index in [9.17, 15) is 18.5 Å². The van der Waals surface area contributed by atoms with Crippen molar-refractivity contribution in [2.24, 2.45) is 0 Å². The Kier molecular flexibility index (Phi) is 5.12. The van der Waals surface area contributed by atoms with Gasteiger partial charge in [-0.1, -0.05) is 41.4 Å². The fraction of sp³-hybridized carbons (Fsp3) is 0.158. The number of nitro groups is 1. The first kappa shape index (κ1) is 19.9. The molecule has 0 saturated carbocycles. The second kappa shape index (κ2) is 7.46. The summed E-state index contributed by atoms with van der Waals surface area (Å²) < 4.78 is 30.3. The lowest BCUT2D eigenvalue weighted by atomic mass is 10.0. The highest BCUT2D eigenvalue weighted by atomic mass is 35.5. The fourth-order valence-electron chi connectivity index (χ4n) is 3.61. The van der Waals surface area contributed by atoms with Crippen LogP contribution in [-0.2, 0) is 16.6 Å². The highest BCUT2D eigenvalue weighted by Gasteiger charge is 2.41. The molecule has 1 unspecified atom stereocenters. The van der Waals surface area contributed by atoms with Gasteiger partial charge in [-0.15, -0.1) is 0 Å². The molecule has 1 aliphatic heterocycles. The molecule has 0 N–H and O–H groups in total. The number of halogens is 2. The Morgan fingerprint density at radius 1 is 1.03 bits per heavy atom. The maximum absolute atomic E-state index is 13.5. The third-order valence-electron chi connectivity index (χ3n) is 4.90. The minimum atomic E-state index is -4.20. The van der Waals surface area contributed by atoms with Crippen molar-refractivity contribution < 1.29 is 13.3 Å². The first-order valence-corrected chi connectivity index (χ1v) is 10.9. The summed E-state index contributed by atoms with van der Waals surface area (Å²) in [5.41, 5.74) is 0.815. The third-order valence-corrected chi connectivity index (χ3v) is 7.37. The molecule has 0 bridgehead atoms. The Labute approximate surface area is 177 Å². The molecule has 2 aromatic carbocycles. The van der Waals surface area contributed by atoms with Crippen LogP contribution in [0.4, 0.5) is 5.69 Å². The molecule has 0 fully saturated rings. The van der Waals surface area contributed by atoms with Crippen molar-refractivity contribution in [3.8, 4) is 0 Å². The topological polar surface area (TPSA) is 85.4 Å². The van der Waals surface area contributed by atoms with Crippen LogP contribution in [0.3, 0.4) is 0 Å². The number of rotatable bonds is 4. The maximum Gasteiger partial charge on any atom is 0.289 e. The van der Waals surface area contributed by atoms with Gasteiger partial charge in [-0.05, 0) is 35.9 Å². The number of sulfonamides is 1. The van der Waals surface area contributed by atoms with Crippen molar-refractivity contribution in [3.05, 3.63) is 92.2 Å². The van der Waals surface area contributed by atoms with E-state index in [2.05, 4.69) is 0 Å². The molecule has 29 heavy (non-hydrogen) atoms. The van der Waals surface area contributed by atoms with Gasteiger partial charge >= 0.3 is 0 Å². The number of para-hydroxylation sites is 1. The summed E-state index contributed by atoms with van der Waals surface area (Å²) in [6, 6.07) is 13.1. The molecule has 1 aromatic heterocycles. The van der Waals surface area contributed by atoms with E-state index in [-0.39, 0.29) is 11.4 Å². The van der Waals surface area contributed by atoms with Crippen molar-refractivity contribution in [1.82, 2.24) is 8.87 Å². The van der Waals surface area contributed by atoms with Crippen LogP contribution in [0.2, 0.25) is 10.0 Å². The lowest BCUT2D eigenvalue weighted by molar-refractivity contribution is -0.387. The van der Waals surface area contributed by atoms with Crippen LogP contribution in [0.1, 0.15) is 17.3 Å². The molecule has 4 rings (SSSR count). The van der Waals surface area contributed by atoms with E-state index in [4.69, 9.17) is 23.2 Å². The van der Waals surface area contributed by atoms with E-state index in [1.54, 1.807) is 18.2 Å². The van der Waals surface area contributed by atoms with Crippen molar-refractivity contribution >= 4 is 38.9 Å². The first-order chi connectivity index (χ1) is 13.8. The highest BCUT2D eigenvalue weighted by Crippen LogP contribution is 2.41. The van der Waals surface area contributed by atoms with Gasteiger partial charge in [0.2, 0.25) is 0 Å². The van der Waals surface area contributed by atoms with E-state index in [1.807, 2.05) is 22.9 Å². The van der Waals surface area contributed by atoms with E-state index in [0.717, 1.165) is 5.69 Å². The third kappa shape index (κ3) is 3.42. The number of fused-ring (bicyclic) bond motifs is 1. The molecule has 10 heteroatoms. The molecule has 1 aliphatic rings. The number of nitrogens with zero attached hydrogens (tertiary/aromatic N) is 3. The summed E-state index contributed by atoms with van der Waals surface area (Å²) in [6.07, 6.45) is 1.86. The van der Waals surface area contributed by atoms with Gasteiger partial charge in [0, 0.05) is 41.1 Å². The van der Waals surface area contributed by atoms with Crippen LogP contribution in [0.15, 0.2) is 65.7 Å². The summed E-state index contributed by atoms with van der Waals surface area (Å²) in [7, 11) is -4.20. The van der Waals surface area contributed by atoms with Crippen LogP contribution in [0, 0.1) is 10.1 Å². The Balaban J connectivity index is 1.91. The largest absolute Gasteiger partial charge is 0.348 e. The van der Waals surface area contributed by atoms with Crippen molar-refractivity contribution in [1.29, 1.82) is 0 Å². The molecule has 7 nitrogen and oxygen atoms in total. The van der Waals surface area contributed by atoms with Gasteiger partial charge in [-0.2, -0.15) is 4.31 Å². The quantitative estimate of drug-likeness (QED) is 0.431. The van der Waals surface area contributed by atoms with Gasteiger partial charge < -0.3 is 4.57 Å². The van der Waals surface area contributed by atoms with Gasteiger partial charge in [-0.25, -0.2) is 8.42 Å². The molecular formula is C19H15Cl2N3O4S. The van der Waals surface area contributed by atoms with Crippen molar-refractivity contribution in [2.45, 2.75) is 17.5 Å². The fourth-order valence-corrected chi connectivity index (χ4v) is 5.85. The highest BCUT2D eigenvalue weighted by molar-refractivity contribution is 7.89. The van der Waals surface area contributed by atoms with Crippen molar-refractivity contribution in [2.75, 3.05) is 6.54 Å². The number of benzene rings is 2. The summed E-state index contributed by atoms with van der Waals surface area (Å²) in [5, 5.41) is 12.2. The van der Waals surface area contributed by atoms with Crippen molar-refractivity contribution in [3.63, 3.8) is 0 Å². The molecule has 150 valence electrons. The molecular weight excluding hydrogens is 437 g/mol. The molecule has 0 spiro atoms. The SMILES string of the molecule is O=[N+]([O-])c1ccccc1S(=O)(=O)N1CCn2cccc2C1c1ccc(Cl)cc1Cl. The van der Waals surface area contributed by atoms with Crippen LogP contribution < -0.4 is 0 Å². The number of nitro benzene ring substituents is 1. The normalized spacial score (nSPS) is 17.1. The molecule has 2 heterocycles. The Morgan fingerprint density at radius 3 is 2.52 bits per heavy atom. The molecule has 0 amide bonds. The molecule has 1 atom stereocenters. The van der Waals surface area contributed by atoms with E-state index in [1.165, 1.54) is 28.6 Å². The predicted octanol–water partition coefficient (Wildman–Crippen LogP) is 4.50. The Morgan fingerprint density at radius 2 is 1.79 bits per heavy atom. The summed E-state index contributed by atoms with van der Waals surface area (Å²) >= 11 is 12.4. The number of hydrogen-bond acceptors (Lipinski definition) is 4. The summed E-state index contributed by atoms with van der Waals surface area (Å²) in [6.45, 7) is 0.559. The Hall–Kier alpha value is -2.39. The average Bonchev–Trinajstić information content (AvgIpc) is 3.16. The zero-order valence-corrected chi connectivity index (χ0v) is 17.2. The van der Waals surface area contributed by atoms with Gasteiger partial charge in [0.25, 0.3) is 15.7 Å². The van der Waals surface area contributed by atoms with Gasteiger partial charge in [0.1, 0.15) is 0 Å². The predicted molar refractivity (Wildman–Crippen MR) is 110 cm³/mol. The number of aromatic nitrogens is 1. The van der Waals surface area contributed by atoms with E-state index >= 15 is 0 Å². The second-order valence-corrected chi connectivity index (χ2v) is 9.24. The van der Waals surface area contributed by atoms with Crippen LogP contribution >= 0.6 is 23.2 Å². The molecule has 3 aromatic rings. The smallest absolute Gasteiger partial charge is 0.289 e. The van der Waals surface area contributed by atoms with Gasteiger partial charge in [-0.3, -0.25) is 10.1 Å². The monoisotopic (exact) mass is 451 g/mol. The van der Waals surface area contributed by atoms with E-state index < -0.39 is 26.7 Å². The summed E-state index contributed by atoms with van der Waals surface area (Å²) in [5.74, 6) is 0. The van der Waals surface area contributed by atoms with Gasteiger partial charge in [0.15, 0.2) is 4.90 Å². The lowest BCUT2D eigenvalue weighted by Crippen LogP contribution is -2.42. The molecule has 0 radical (unpaired) electrons. The summed E-state index contributed by atoms with van der Waals surface area (Å²) in [4.78, 5) is 10.4. The maximum atomic E-state index is 13.5. The minimum Gasteiger partial charge on any atom is -0.348 e. The van der Waals surface area contributed by atoms with Crippen LogP contribution in [0.5, 0.6) is 0 Å².